The Morgan fingerprint density at radius 2 is 1.96 bits per heavy atom. The van der Waals surface area contributed by atoms with Crippen LogP contribution in [-0.2, 0) is 11.2 Å². The van der Waals surface area contributed by atoms with Crippen LogP contribution in [0, 0.1) is 5.92 Å². The molecule has 1 amide bonds. The van der Waals surface area contributed by atoms with Crippen LogP contribution in [0.3, 0.4) is 0 Å². The van der Waals surface area contributed by atoms with E-state index in [-0.39, 0.29) is 35.0 Å². The lowest BCUT2D eigenvalue weighted by molar-refractivity contribution is -0.144. The van der Waals surface area contributed by atoms with Gasteiger partial charge in [0.1, 0.15) is 23.2 Å². The highest BCUT2D eigenvalue weighted by Gasteiger charge is 2.38. The molecule has 1 saturated carbocycles. The van der Waals surface area contributed by atoms with E-state index in [1.807, 2.05) is 0 Å². The van der Waals surface area contributed by atoms with Crippen molar-refractivity contribution in [2.45, 2.75) is 44.5 Å². The second-order valence-corrected chi connectivity index (χ2v) is 7.31. The summed E-state index contributed by atoms with van der Waals surface area (Å²) < 4.78 is 11.2. The fourth-order valence-electron chi connectivity index (χ4n) is 4.02. The predicted molar refractivity (Wildman–Crippen MR) is 93.5 cm³/mol. The topological polar surface area (TPSA) is 96.3 Å². The van der Waals surface area contributed by atoms with Gasteiger partial charge in [-0.3, -0.25) is 4.79 Å². The Morgan fingerprint density at radius 1 is 1.23 bits per heavy atom. The van der Waals surface area contributed by atoms with Gasteiger partial charge in [-0.05, 0) is 37.2 Å². The molecule has 2 fully saturated rings. The highest BCUT2D eigenvalue weighted by molar-refractivity contribution is 6.44. The van der Waals surface area contributed by atoms with Gasteiger partial charge >= 0.3 is 13.1 Å². The molecule has 2 aliphatic heterocycles. The van der Waals surface area contributed by atoms with Crippen LogP contribution >= 0.6 is 0 Å². The van der Waals surface area contributed by atoms with Gasteiger partial charge in [0, 0.05) is 5.92 Å². The van der Waals surface area contributed by atoms with Crippen molar-refractivity contribution in [1.29, 1.82) is 0 Å². The Morgan fingerprint density at radius 3 is 2.65 bits per heavy atom. The maximum absolute atomic E-state index is 12.4. The molecule has 2 heterocycles. The first-order chi connectivity index (χ1) is 12.5. The number of aryl methyl sites for hydroxylation is 1. The van der Waals surface area contributed by atoms with Gasteiger partial charge in [0.2, 0.25) is 5.91 Å². The molecule has 0 unspecified atom stereocenters. The fraction of sp³-hybridized carbons (Fsp3) is 0.556. The van der Waals surface area contributed by atoms with E-state index >= 15 is 0 Å². The monoisotopic (exact) mass is 359 g/mol. The zero-order chi connectivity index (χ0) is 18.3. The quantitative estimate of drug-likeness (QED) is 0.793. The third kappa shape index (κ3) is 3.14. The first-order valence-corrected chi connectivity index (χ1v) is 9.22. The second kappa shape index (κ2) is 6.83. The number of carbonyl (C=O) groups is 2. The Hall–Kier alpha value is -2.22. The summed E-state index contributed by atoms with van der Waals surface area (Å²) in [5.74, 6) is -0.402. The van der Waals surface area contributed by atoms with E-state index in [4.69, 9.17) is 9.39 Å². The second-order valence-electron chi connectivity index (χ2n) is 7.31. The minimum Gasteiger partial charge on any atom is -0.535 e. The van der Waals surface area contributed by atoms with Crippen molar-refractivity contribution in [3.05, 3.63) is 23.3 Å². The molecule has 0 spiro atoms. The summed E-state index contributed by atoms with van der Waals surface area (Å²) in [6.07, 6.45) is 4.95. The zero-order valence-corrected chi connectivity index (χ0v) is 14.5. The summed E-state index contributed by atoms with van der Waals surface area (Å²) in [6.45, 7) is 0.962. The van der Waals surface area contributed by atoms with Crippen LogP contribution < -0.4 is 9.39 Å². The smallest absolute Gasteiger partial charge is 0.522 e. The third-order valence-electron chi connectivity index (χ3n) is 5.49. The maximum Gasteiger partial charge on any atom is 0.522 e. The summed E-state index contributed by atoms with van der Waals surface area (Å²) >= 11 is 0. The van der Waals surface area contributed by atoms with E-state index in [1.54, 1.807) is 17.0 Å². The maximum atomic E-state index is 12.4. The average Bonchev–Trinajstić information content (AvgIpc) is 3.10. The summed E-state index contributed by atoms with van der Waals surface area (Å²) in [4.78, 5) is 25.9. The first-order valence-electron chi connectivity index (χ1n) is 9.22. The molecule has 1 aliphatic carbocycles. The SMILES string of the molecule is O=C(O)c1c(OC2CN(C(=O)C3CCCC3)C2)ccc2c1OB(O)CC2. The van der Waals surface area contributed by atoms with Crippen molar-refractivity contribution in [3.63, 3.8) is 0 Å². The first kappa shape index (κ1) is 17.2. The van der Waals surface area contributed by atoms with Crippen LogP contribution in [0.2, 0.25) is 6.32 Å². The van der Waals surface area contributed by atoms with Gasteiger partial charge in [-0.25, -0.2) is 4.79 Å². The lowest BCUT2D eigenvalue weighted by Crippen LogP contribution is -2.57. The zero-order valence-electron chi connectivity index (χ0n) is 14.5. The Labute approximate surface area is 152 Å². The van der Waals surface area contributed by atoms with Gasteiger partial charge in [0.05, 0.1) is 13.1 Å². The number of fused-ring (bicyclic) bond motifs is 1. The van der Waals surface area contributed by atoms with Crippen molar-refractivity contribution in [3.8, 4) is 11.5 Å². The van der Waals surface area contributed by atoms with Gasteiger partial charge in [-0.2, -0.15) is 0 Å². The summed E-state index contributed by atoms with van der Waals surface area (Å²) in [6, 6.07) is 3.42. The van der Waals surface area contributed by atoms with Crippen LogP contribution in [0.25, 0.3) is 0 Å². The number of carboxylic acids is 1. The summed E-state index contributed by atoms with van der Waals surface area (Å²) in [5, 5.41) is 19.3. The lowest BCUT2D eigenvalue weighted by Gasteiger charge is -2.40. The van der Waals surface area contributed by atoms with Gasteiger partial charge in [-0.1, -0.05) is 18.9 Å². The van der Waals surface area contributed by atoms with E-state index in [0.717, 1.165) is 31.2 Å². The van der Waals surface area contributed by atoms with Crippen molar-refractivity contribution < 1.29 is 29.1 Å². The van der Waals surface area contributed by atoms with Crippen molar-refractivity contribution in [2.75, 3.05) is 13.1 Å². The number of carbonyl (C=O) groups excluding carboxylic acids is 1. The molecule has 0 atom stereocenters. The normalized spacial score (nSPS) is 20.3. The van der Waals surface area contributed by atoms with E-state index in [9.17, 15) is 19.7 Å². The molecule has 1 aromatic carbocycles. The van der Waals surface area contributed by atoms with Gasteiger partial charge in [0.15, 0.2) is 0 Å². The van der Waals surface area contributed by atoms with Gasteiger partial charge in [-0.15, -0.1) is 0 Å². The molecule has 0 radical (unpaired) electrons. The van der Waals surface area contributed by atoms with Crippen molar-refractivity contribution in [2.24, 2.45) is 5.92 Å². The van der Waals surface area contributed by atoms with Gasteiger partial charge < -0.3 is 24.4 Å². The number of likely N-dealkylation sites (tertiary alicyclic amines) is 1. The number of ether oxygens (including phenoxy) is 1. The molecule has 3 aliphatic rings. The van der Waals surface area contributed by atoms with Crippen LogP contribution in [0.4, 0.5) is 0 Å². The minimum absolute atomic E-state index is 0.0539. The van der Waals surface area contributed by atoms with Crippen LogP contribution in [0.15, 0.2) is 12.1 Å². The minimum atomic E-state index is -1.15. The standard InChI is InChI=1S/C18H22BNO6/c21-17(12-3-1-2-4-12)20-9-13(10-20)25-14-6-5-11-7-8-19(24)26-16(11)15(14)18(22)23/h5-6,12-13,24H,1-4,7-10H2,(H,22,23). The van der Waals surface area contributed by atoms with E-state index in [0.29, 0.717) is 25.8 Å². The molecule has 1 aromatic rings. The molecule has 4 rings (SSSR count). The molecule has 0 aromatic heterocycles. The molecule has 7 nitrogen and oxygen atoms in total. The highest BCUT2D eigenvalue weighted by atomic mass is 16.5. The number of amides is 1. The largest absolute Gasteiger partial charge is 0.535 e. The Bertz CT molecular complexity index is 727. The van der Waals surface area contributed by atoms with Gasteiger partial charge in [0.25, 0.3) is 0 Å². The number of hydrogen-bond donors (Lipinski definition) is 2. The van der Waals surface area contributed by atoms with E-state index in [1.165, 1.54) is 0 Å². The molecule has 8 heteroatoms. The van der Waals surface area contributed by atoms with Crippen molar-refractivity contribution >= 4 is 19.0 Å². The van der Waals surface area contributed by atoms with E-state index in [2.05, 4.69) is 0 Å². The van der Waals surface area contributed by atoms with Crippen LogP contribution in [-0.4, -0.2) is 53.2 Å². The Kier molecular flexibility index (Phi) is 4.52. The molecule has 0 bridgehead atoms. The number of aromatic carboxylic acids is 1. The fourth-order valence-corrected chi connectivity index (χ4v) is 4.02. The number of carboxylic acid groups (broad SMARTS) is 1. The molecule has 138 valence electrons. The number of rotatable bonds is 4. The molecular formula is C18H22BNO6. The Balaban J connectivity index is 1.45. The van der Waals surface area contributed by atoms with Crippen LogP contribution in [0.5, 0.6) is 11.5 Å². The average molecular weight is 359 g/mol. The number of hydrogen-bond acceptors (Lipinski definition) is 5. The molecule has 1 saturated heterocycles. The highest BCUT2D eigenvalue weighted by Crippen LogP contribution is 2.37. The predicted octanol–water partition coefficient (Wildman–Crippen LogP) is 1.58. The lowest BCUT2D eigenvalue weighted by atomic mass is 9.78. The number of nitrogens with zero attached hydrogens (tertiary/aromatic N) is 1. The summed E-state index contributed by atoms with van der Waals surface area (Å²) in [7, 11) is -1.00. The third-order valence-corrected chi connectivity index (χ3v) is 5.49. The summed E-state index contributed by atoms with van der Waals surface area (Å²) in [5.41, 5.74) is 0.702. The number of benzene rings is 1. The molecule has 2 N–H and O–H groups in total. The molecular weight excluding hydrogens is 337 g/mol. The van der Waals surface area contributed by atoms with Crippen molar-refractivity contribution in [1.82, 2.24) is 4.90 Å². The van der Waals surface area contributed by atoms with Crippen LogP contribution in [0.1, 0.15) is 41.6 Å². The van der Waals surface area contributed by atoms with E-state index < -0.39 is 13.1 Å². The molecule has 26 heavy (non-hydrogen) atoms.